The summed E-state index contributed by atoms with van der Waals surface area (Å²) >= 11 is 0. The van der Waals surface area contributed by atoms with Gasteiger partial charge in [0.1, 0.15) is 23.7 Å². The molecule has 2 heterocycles. The molecule has 1 aromatic rings. The zero-order valence-corrected chi connectivity index (χ0v) is 11.9. The van der Waals surface area contributed by atoms with Crippen molar-refractivity contribution in [2.24, 2.45) is 0 Å². The minimum Gasteiger partial charge on any atom is -0.508 e. The molecule has 2 aliphatic heterocycles. The maximum Gasteiger partial charge on any atom is 0.344 e. The molecule has 2 bridgehead atoms. The van der Waals surface area contributed by atoms with E-state index in [1.807, 2.05) is 13.0 Å². The third-order valence-corrected chi connectivity index (χ3v) is 4.75. The number of carbonyl (C=O) groups is 1. The fourth-order valence-electron chi connectivity index (χ4n) is 3.49. The van der Waals surface area contributed by atoms with Crippen LogP contribution < -0.4 is 0 Å². The van der Waals surface area contributed by atoms with Gasteiger partial charge in [-0.05, 0) is 31.9 Å². The Morgan fingerprint density at radius 2 is 2.00 bits per heavy atom. The highest BCUT2D eigenvalue weighted by atomic mass is 16.7. The number of aliphatic hydroxyl groups is 1. The molecule has 0 saturated carbocycles. The molecule has 116 valence electrons. The first-order valence-corrected chi connectivity index (χ1v) is 7.21. The Hall–Kier alpha value is -2.05. The van der Waals surface area contributed by atoms with Crippen LogP contribution in [0.4, 0.5) is 0 Å². The van der Waals surface area contributed by atoms with Gasteiger partial charge >= 0.3 is 5.97 Å². The lowest BCUT2D eigenvalue weighted by molar-refractivity contribution is -0.158. The highest BCUT2D eigenvalue weighted by Gasteiger charge is 2.77. The van der Waals surface area contributed by atoms with Crippen molar-refractivity contribution in [3.05, 3.63) is 34.9 Å². The molecule has 2 saturated heterocycles. The quantitative estimate of drug-likeness (QED) is 0.287. The third-order valence-electron chi connectivity index (χ3n) is 4.75. The molecule has 0 spiro atoms. The molecule has 1 aliphatic carbocycles. The van der Waals surface area contributed by atoms with Crippen LogP contribution in [0.15, 0.2) is 23.8 Å². The summed E-state index contributed by atoms with van der Waals surface area (Å²) in [6, 6.07) is 2.78. The fourth-order valence-corrected chi connectivity index (χ4v) is 3.49. The number of hydrogen-bond donors (Lipinski definition) is 3. The molecule has 0 aromatic heterocycles. The van der Waals surface area contributed by atoms with Gasteiger partial charge in [-0.15, -0.1) is 0 Å². The van der Waals surface area contributed by atoms with Crippen molar-refractivity contribution in [2.45, 2.75) is 43.7 Å². The summed E-state index contributed by atoms with van der Waals surface area (Å²) in [4.78, 5) is 12.2. The second-order valence-electron chi connectivity index (χ2n) is 6.13. The summed E-state index contributed by atoms with van der Waals surface area (Å²) in [6.07, 6.45) is 0.0706. The number of hydrogen-bond acceptors (Lipinski definition) is 6. The van der Waals surface area contributed by atoms with Gasteiger partial charge in [0, 0.05) is 11.1 Å². The van der Waals surface area contributed by atoms with Gasteiger partial charge in [-0.2, -0.15) is 0 Å². The Morgan fingerprint density at radius 1 is 1.27 bits per heavy atom. The number of esters is 1. The van der Waals surface area contributed by atoms with Gasteiger partial charge in [0.05, 0.1) is 0 Å². The van der Waals surface area contributed by atoms with Crippen LogP contribution in [0.1, 0.15) is 30.6 Å². The molecule has 1 aromatic carbocycles. The molecule has 6 nitrogen and oxygen atoms in total. The van der Waals surface area contributed by atoms with E-state index in [0.29, 0.717) is 17.5 Å². The third kappa shape index (κ3) is 1.59. The first-order chi connectivity index (χ1) is 10.4. The fraction of sp³-hybridized carbons (Fsp3) is 0.438. The molecule has 3 N–H and O–H groups in total. The Balaban J connectivity index is 1.92. The van der Waals surface area contributed by atoms with Gasteiger partial charge in [0.25, 0.3) is 0 Å². The van der Waals surface area contributed by atoms with Gasteiger partial charge in [0.2, 0.25) is 5.60 Å². The SMILES string of the molecule is CC1=CC[C@H](O)[C@@]23O[C@@H]2[C@H](OC3=O)c2c(O)ccc(O)c2C1. The molecular weight excluding hydrogens is 288 g/mol. The van der Waals surface area contributed by atoms with Crippen molar-refractivity contribution >= 4 is 5.97 Å². The molecule has 3 aliphatic rings. The van der Waals surface area contributed by atoms with Crippen LogP contribution in [-0.2, 0) is 20.7 Å². The summed E-state index contributed by atoms with van der Waals surface area (Å²) in [5.41, 5.74) is 0.464. The predicted octanol–water partition coefficient (Wildman–Crippen LogP) is 1.09. The number of aromatic hydroxyl groups is 2. The Morgan fingerprint density at radius 3 is 2.73 bits per heavy atom. The lowest BCUT2D eigenvalue weighted by Crippen LogP contribution is -2.36. The van der Waals surface area contributed by atoms with E-state index in [1.165, 1.54) is 12.1 Å². The number of aliphatic hydroxyl groups excluding tert-OH is 1. The minimum atomic E-state index is -1.34. The Labute approximate surface area is 126 Å². The van der Waals surface area contributed by atoms with E-state index in [9.17, 15) is 20.1 Å². The standard InChI is InChI=1S/C16H16O6/c1-7-2-5-11(19)16-14(22-16)13(21-15(16)20)12-8(6-7)9(17)3-4-10(12)18/h2-4,11,13-14,17-19H,5-6H2,1H3/t11-,13+,14+,16+/m0/s1. The van der Waals surface area contributed by atoms with Crippen molar-refractivity contribution in [1.29, 1.82) is 0 Å². The van der Waals surface area contributed by atoms with E-state index >= 15 is 0 Å². The summed E-state index contributed by atoms with van der Waals surface area (Å²) in [5.74, 6) is -0.632. The smallest absolute Gasteiger partial charge is 0.344 e. The van der Waals surface area contributed by atoms with Crippen LogP contribution in [0.3, 0.4) is 0 Å². The molecular formula is C16H16O6. The minimum absolute atomic E-state index is 0.0378. The number of allylic oxidation sites excluding steroid dienone is 1. The molecule has 0 radical (unpaired) electrons. The van der Waals surface area contributed by atoms with Crippen LogP contribution in [0.2, 0.25) is 0 Å². The van der Waals surface area contributed by atoms with Gasteiger partial charge in [-0.1, -0.05) is 11.6 Å². The zero-order valence-electron chi connectivity index (χ0n) is 11.9. The van der Waals surface area contributed by atoms with Crippen molar-refractivity contribution in [1.82, 2.24) is 0 Å². The molecule has 6 heteroatoms. The van der Waals surface area contributed by atoms with Crippen LogP contribution in [0, 0.1) is 0 Å². The van der Waals surface area contributed by atoms with E-state index < -0.39 is 29.9 Å². The first-order valence-electron chi connectivity index (χ1n) is 7.21. The Kier molecular flexibility index (Phi) is 2.62. The first kappa shape index (κ1) is 13.6. The van der Waals surface area contributed by atoms with Gasteiger partial charge < -0.3 is 24.8 Å². The van der Waals surface area contributed by atoms with Crippen molar-refractivity contribution in [3.63, 3.8) is 0 Å². The Bertz CT molecular complexity index is 709. The monoisotopic (exact) mass is 304 g/mol. The van der Waals surface area contributed by atoms with Crippen LogP contribution in [0.5, 0.6) is 11.5 Å². The van der Waals surface area contributed by atoms with Crippen LogP contribution in [-0.4, -0.2) is 39.1 Å². The second kappa shape index (κ2) is 4.24. The summed E-state index contributed by atoms with van der Waals surface area (Å²) in [5, 5.41) is 30.7. The maximum atomic E-state index is 12.2. The molecule has 0 amide bonds. The highest BCUT2D eigenvalue weighted by molar-refractivity contribution is 5.88. The molecule has 4 atom stereocenters. The number of carbonyl (C=O) groups excluding carboxylic acids is 1. The van der Waals surface area contributed by atoms with Gasteiger partial charge in [-0.25, -0.2) is 4.79 Å². The number of rotatable bonds is 0. The lowest BCUT2D eigenvalue weighted by Gasteiger charge is -2.19. The van der Waals surface area contributed by atoms with Crippen LogP contribution >= 0.6 is 0 Å². The van der Waals surface area contributed by atoms with Crippen molar-refractivity contribution < 1.29 is 29.6 Å². The van der Waals surface area contributed by atoms with Gasteiger partial charge in [-0.3, -0.25) is 0 Å². The summed E-state index contributed by atoms with van der Waals surface area (Å²) < 4.78 is 10.9. The maximum absolute atomic E-state index is 12.2. The number of phenols is 2. The molecule has 2 fully saturated rings. The molecule has 4 rings (SSSR count). The number of ether oxygens (including phenoxy) is 2. The van der Waals surface area contributed by atoms with E-state index in [0.717, 1.165) is 5.57 Å². The summed E-state index contributed by atoms with van der Waals surface area (Å²) in [6.45, 7) is 1.87. The molecule has 22 heavy (non-hydrogen) atoms. The topological polar surface area (TPSA) is 99.5 Å². The average Bonchev–Trinajstić information content (AvgIpc) is 3.17. The van der Waals surface area contributed by atoms with E-state index in [2.05, 4.69) is 0 Å². The number of fused-ring (bicyclic) bond motifs is 2. The average molecular weight is 304 g/mol. The summed E-state index contributed by atoms with van der Waals surface area (Å²) in [7, 11) is 0. The second-order valence-corrected chi connectivity index (χ2v) is 6.13. The van der Waals surface area contributed by atoms with E-state index in [-0.39, 0.29) is 17.9 Å². The number of phenolic OH excluding ortho intramolecular Hbond substituents is 2. The lowest BCUT2D eigenvalue weighted by atomic mass is 9.87. The highest BCUT2D eigenvalue weighted by Crippen LogP contribution is 2.58. The van der Waals surface area contributed by atoms with Crippen molar-refractivity contribution in [3.8, 4) is 11.5 Å². The zero-order chi connectivity index (χ0) is 15.6. The number of benzene rings is 1. The van der Waals surface area contributed by atoms with Gasteiger partial charge in [0.15, 0.2) is 6.10 Å². The molecule has 0 unspecified atom stereocenters. The van der Waals surface area contributed by atoms with Crippen LogP contribution in [0.25, 0.3) is 0 Å². The largest absolute Gasteiger partial charge is 0.508 e. The number of epoxide rings is 1. The normalized spacial score (nSPS) is 36.0. The van der Waals surface area contributed by atoms with Crippen molar-refractivity contribution in [2.75, 3.05) is 0 Å². The predicted molar refractivity (Wildman–Crippen MR) is 74.3 cm³/mol. The van der Waals surface area contributed by atoms with E-state index in [1.54, 1.807) is 0 Å². The van der Waals surface area contributed by atoms with E-state index in [4.69, 9.17) is 9.47 Å².